The summed E-state index contributed by atoms with van der Waals surface area (Å²) in [6.07, 6.45) is 21.3. The maximum absolute atomic E-state index is 11.1. The average Bonchev–Trinajstić information content (AvgIpc) is 2.73. The topological polar surface area (TPSA) is 63.6 Å². The fraction of sp³-hybridized carbons (Fsp3) is 0.840. The number of hydrogen-bond acceptors (Lipinski definition) is 3. The molecule has 0 aromatic rings. The van der Waals surface area contributed by atoms with Crippen molar-refractivity contribution in [2.24, 2.45) is 0 Å². The van der Waals surface area contributed by atoms with Crippen LogP contribution in [0.15, 0.2) is 12.2 Å². The van der Waals surface area contributed by atoms with Crippen molar-refractivity contribution in [3.8, 4) is 0 Å². The Morgan fingerprint density at radius 1 is 0.667 bits per heavy atom. The molecule has 0 aliphatic heterocycles. The van der Waals surface area contributed by atoms with Gasteiger partial charge in [0.15, 0.2) is 0 Å². The summed E-state index contributed by atoms with van der Waals surface area (Å²) in [6, 6.07) is 0. The zero-order valence-electron chi connectivity index (χ0n) is 20.1. The van der Waals surface area contributed by atoms with E-state index in [1.165, 1.54) is 83.5 Å². The van der Waals surface area contributed by atoms with E-state index < -0.39 is 11.9 Å². The van der Waals surface area contributed by atoms with Crippen molar-refractivity contribution < 1.29 is 19.4 Å². The molecule has 2 radical (unpaired) electrons. The summed E-state index contributed by atoms with van der Waals surface area (Å²) < 4.78 is 8.14. The molecule has 1 N–H and O–H groups in total. The molecule has 0 fully saturated rings. The Balaban J connectivity index is 0. The van der Waals surface area contributed by atoms with Gasteiger partial charge in [-0.15, -0.1) is 0 Å². The standard InChI is InChI=1S/C17H30O4.2C4H9.Sn/c1-2-3-4-5-6-7-8-9-10-11-12-15-21-17(20)14-13-16(18)19;2*1-3-4-2;/h13-14H,2-12,15H2,1H3,(H,18,19);2*1,3-4H2,2H3;/b14-13-;;;. The minimum atomic E-state index is -1.14. The summed E-state index contributed by atoms with van der Waals surface area (Å²) in [4.78, 5) is 21.2. The number of carbonyl (C=O) groups excluding carboxylic acids is 1. The van der Waals surface area contributed by atoms with Crippen LogP contribution < -0.4 is 0 Å². The number of hydrogen-bond donors (Lipinski definition) is 1. The van der Waals surface area contributed by atoms with Crippen molar-refractivity contribution in [3.63, 3.8) is 0 Å². The molecule has 0 atom stereocenters. The van der Waals surface area contributed by atoms with Gasteiger partial charge >= 0.3 is 81.5 Å². The third-order valence-corrected chi connectivity index (χ3v) is 8.80. The number of unbranched alkanes of at least 4 members (excludes halogenated alkanes) is 12. The number of carboxylic acid groups (broad SMARTS) is 1. The summed E-state index contributed by atoms with van der Waals surface area (Å²) in [7, 11) is 0. The van der Waals surface area contributed by atoms with Crippen LogP contribution in [0.5, 0.6) is 0 Å². The van der Waals surface area contributed by atoms with Gasteiger partial charge in [-0.3, -0.25) is 0 Å². The summed E-state index contributed by atoms with van der Waals surface area (Å²) in [5, 5.41) is 8.34. The molecule has 5 heteroatoms. The molecule has 0 aromatic carbocycles. The van der Waals surface area contributed by atoms with Gasteiger partial charge in [0.05, 0.1) is 6.61 Å². The normalized spacial score (nSPS) is 10.6. The van der Waals surface area contributed by atoms with Crippen LogP contribution in [-0.4, -0.2) is 44.8 Å². The van der Waals surface area contributed by atoms with Crippen molar-refractivity contribution >= 4 is 33.1 Å². The molecule has 0 unspecified atom stereocenters. The number of esters is 1. The zero-order chi connectivity index (χ0) is 22.7. The zero-order valence-corrected chi connectivity index (χ0v) is 22.9. The van der Waals surface area contributed by atoms with Crippen LogP contribution in [-0.2, 0) is 14.3 Å². The van der Waals surface area contributed by atoms with E-state index in [0.29, 0.717) is 6.61 Å². The minimum absolute atomic E-state index is 0.149. The Morgan fingerprint density at radius 2 is 1.10 bits per heavy atom. The predicted octanol–water partition coefficient (Wildman–Crippen LogP) is 7.61. The van der Waals surface area contributed by atoms with E-state index in [2.05, 4.69) is 20.8 Å². The Hall–Kier alpha value is -0.521. The average molecular weight is 531 g/mol. The van der Waals surface area contributed by atoms with E-state index in [4.69, 9.17) is 9.84 Å². The second-order valence-electron chi connectivity index (χ2n) is 7.83. The molecule has 0 rings (SSSR count). The number of carbonyl (C=O) groups is 2. The molecule has 0 aliphatic rings. The first kappa shape index (κ1) is 31.7. The summed E-state index contributed by atoms with van der Waals surface area (Å²) in [6.45, 7) is 7.19. The van der Waals surface area contributed by atoms with Crippen LogP contribution in [0.2, 0.25) is 8.87 Å². The Bertz CT molecular complexity index is 391. The van der Waals surface area contributed by atoms with E-state index >= 15 is 0 Å². The molecule has 0 bridgehead atoms. The van der Waals surface area contributed by atoms with Crippen LogP contribution in [0.1, 0.15) is 117 Å². The molecule has 0 spiro atoms. The van der Waals surface area contributed by atoms with Gasteiger partial charge in [0, 0.05) is 12.2 Å². The summed E-state index contributed by atoms with van der Waals surface area (Å²) in [5.41, 5.74) is 0. The van der Waals surface area contributed by atoms with Crippen molar-refractivity contribution in [2.75, 3.05) is 6.61 Å². The third-order valence-electron chi connectivity index (χ3n) is 4.77. The van der Waals surface area contributed by atoms with Gasteiger partial charge < -0.3 is 9.84 Å². The summed E-state index contributed by atoms with van der Waals surface area (Å²) in [5.74, 6) is -1.72. The Morgan fingerprint density at radius 3 is 1.53 bits per heavy atom. The molecule has 0 aromatic heterocycles. The van der Waals surface area contributed by atoms with Gasteiger partial charge in [-0.2, -0.15) is 0 Å². The van der Waals surface area contributed by atoms with Gasteiger partial charge in [-0.05, 0) is 6.42 Å². The monoisotopic (exact) mass is 532 g/mol. The van der Waals surface area contributed by atoms with Gasteiger partial charge in [-0.1, -0.05) is 71.1 Å². The van der Waals surface area contributed by atoms with Crippen molar-refractivity contribution in [1.82, 2.24) is 0 Å². The van der Waals surface area contributed by atoms with Crippen LogP contribution in [0.3, 0.4) is 0 Å². The van der Waals surface area contributed by atoms with Crippen LogP contribution in [0, 0.1) is 0 Å². The SMILES string of the molecule is CCCCCCCCCCCCCOC(=O)/C=C\C(=O)O.CCC[CH2][Sn][CH2]CCC. The van der Waals surface area contributed by atoms with E-state index in [1.807, 2.05) is 0 Å². The molecule has 0 heterocycles. The van der Waals surface area contributed by atoms with Gasteiger partial charge in [0.2, 0.25) is 0 Å². The second-order valence-corrected chi connectivity index (χ2v) is 12.1. The molecular formula is C25H48O4Sn. The fourth-order valence-corrected chi connectivity index (χ4v) is 7.01. The molecule has 0 saturated carbocycles. The molecule has 4 nitrogen and oxygen atoms in total. The second kappa shape index (κ2) is 28.5. The van der Waals surface area contributed by atoms with Crippen LogP contribution >= 0.6 is 0 Å². The van der Waals surface area contributed by atoms with E-state index in [9.17, 15) is 9.59 Å². The fourth-order valence-electron chi connectivity index (χ4n) is 2.86. The predicted molar refractivity (Wildman–Crippen MR) is 129 cm³/mol. The molecule has 176 valence electrons. The number of carboxylic acids is 1. The number of ether oxygens (including phenoxy) is 1. The van der Waals surface area contributed by atoms with Crippen molar-refractivity contribution in [2.45, 2.75) is 126 Å². The van der Waals surface area contributed by atoms with Crippen molar-refractivity contribution in [3.05, 3.63) is 12.2 Å². The van der Waals surface area contributed by atoms with Gasteiger partial charge in [0.1, 0.15) is 0 Å². The van der Waals surface area contributed by atoms with Crippen molar-refractivity contribution in [1.29, 1.82) is 0 Å². The van der Waals surface area contributed by atoms with E-state index in [-0.39, 0.29) is 21.1 Å². The van der Waals surface area contributed by atoms with E-state index in [0.717, 1.165) is 25.0 Å². The van der Waals surface area contributed by atoms with E-state index in [1.54, 1.807) is 8.87 Å². The summed E-state index contributed by atoms with van der Waals surface area (Å²) >= 11 is 0.149. The molecule has 0 amide bonds. The van der Waals surface area contributed by atoms with Gasteiger partial charge in [0.25, 0.3) is 0 Å². The molecule has 0 aliphatic carbocycles. The number of aliphatic carboxylic acids is 1. The van der Waals surface area contributed by atoms with Crippen LogP contribution in [0.25, 0.3) is 0 Å². The Labute approximate surface area is 196 Å². The Kier molecular flexibility index (Phi) is 30.1. The first-order chi connectivity index (χ1) is 14.6. The molecule has 30 heavy (non-hydrogen) atoms. The third kappa shape index (κ3) is 32.2. The first-order valence-electron chi connectivity index (χ1n) is 12.4. The van der Waals surface area contributed by atoms with Gasteiger partial charge in [-0.25, -0.2) is 9.59 Å². The first-order valence-corrected chi connectivity index (χ1v) is 16.4. The molecular weight excluding hydrogens is 483 g/mol. The maximum atomic E-state index is 11.1. The van der Waals surface area contributed by atoms with Crippen LogP contribution in [0.4, 0.5) is 0 Å². The quantitative estimate of drug-likeness (QED) is 0.0761. The molecule has 0 saturated heterocycles. The number of rotatable bonds is 20.